The van der Waals surface area contributed by atoms with Crippen molar-refractivity contribution in [3.8, 4) is 0 Å². The monoisotopic (exact) mass is 227 g/mol. The van der Waals surface area contributed by atoms with Crippen molar-refractivity contribution in [2.24, 2.45) is 12.8 Å². The molecule has 1 atom stereocenters. The molecule has 0 aromatic carbocycles. The molecule has 3 nitrogen and oxygen atoms in total. The molecule has 1 unspecified atom stereocenters. The van der Waals surface area contributed by atoms with E-state index in [-0.39, 0.29) is 0 Å². The van der Waals surface area contributed by atoms with E-state index >= 15 is 0 Å². The number of thioether (sulfide) groups is 1. The maximum atomic E-state index is 6.02. The van der Waals surface area contributed by atoms with Gasteiger partial charge in [-0.2, -0.15) is 16.9 Å². The normalized spacial score (nSPS) is 13.0. The molecule has 0 saturated carbocycles. The van der Waals surface area contributed by atoms with Gasteiger partial charge in [0.25, 0.3) is 0 Å². The molecule has 1 heterocycles. The minimum atomic E-state index is 0.321. The van der Waals surface area contributed by atoms with Crippen LogP contribution in [0.2, 0.25) is 0 Å². The summed E-state index contributed by atoms with van der Waals surface area (Å²) in [5, 5.41) is 4.14. The van der Waals surface area contributed by atoms with Crippen molar-refractivity contribution in [2.75, 3.05) is 11.5 Å². The summed E-state index contributed by atoms with van der Waals surface area (Å²) in [5.74, 6) is 2.30. The fourth-order valence-electron chi connectivity index (χ4n) is 1.42. The second-order valence-electron chi connectivity index (χ2n) is 3.90. The molecule has 0 bridgehead atoms. The molecule has 0 fully saturated rings. The predicted molar refractivity (Wildman–Crippen MR) is 67.1 cm³/mol. The van der Waals surface area contributed by atoms with Crippen LogP contribution in [0.3, 0.4) is 0 Å². The van der Waals surface area contributed by atoms with E-state index in [2.05, 4.69) is 18.2 Å². The molecule has 0 aliphatic heterocycles. The Bertz CT molecular complexity index is 273. The van der Waals surface area contributed by atoms with E-state index in [0.29, 0.717) is 6.04 Å². The number of hydrogen-bond donors (Lipinski definition) is 1. The van der Waals surface area contributed by atoms with Crippen LogP contribution < -0.4 is 5.73 Å². The van der Waals surface area contributed by atoms with Gasteiger partial charge in [-0.3, -0.25) is 4.68 Å². The van der Waals surface area contributed by atoms with E-state index in [4.69, 9.17) is 5.73 Å². The van der Waals surface area contributed by atoms with Gasteiger partial charge in [-0.15, -0.1) is 0 Å². The lowest BCUT2D eigenvalue weighted by Gasteiger charge is -2.09. The van der Waals surface area contributed by atoms with Crippen molar-refractivity contribution in [1.29, 1.82) is 0 Å². The number of nitrogens with two attached hydrogens (primary N) is 1. The zero-order valence-corrected chi connectivity index (χ0v) is 10.5. The molecule has 15 heavy (non-hydrogen) atoms. The first-order chi connectivity index (χ1) is 7.22. The van der Waals surface area contributed by atoms with Gasteiger partial charge in [-0.25, -0.2) is 0 Å². The quantitative estimate of drug-likeness (QED) is 0.723. The Hall–Kier alpha value is -0.480. The maximum absolute atomic E-state index is 6.02. The lowest BCUT2D eigenvalue weighted by atomic mass is 10.1. The first-order valence-electron chi connectivity index (χ1n) is 5.53. The second kappa shape index (κ2) is 6.90. The number of aryl methyl sites for hydroxylation is 2. The van der Waals surface area contributed by atoms with Crippen molar-refractivity contribution >= 4 is 11.8 Å². The molecular formula is C11H21N3S. The van der Waals surface area contributed by atoms with E-state index in [1.165, 1.54) is 17.7 Å². The van der Waals surface area contributed by atoms with Crippen molar-refractivity contribution in [2.45, 2.75) is 32.2 Å². The lowest BCUT2D eigenvalue weighted by Crippen LogP contribution is -2.23. The molecule has 0 aliphatic carbocycles. The van der Waals surface area contributed by atoms with E-state index in [1.54, 1.807) is 0 Å². The highest BCUT2D eigenvalue weighted by Gasteiger charge is 2.04. The van der Waals surface area contributed by atoms with Gasteiger partial charge in [0.05, 0.1) is 6.20 Å². The molecule has 1 aromatic heterocycles. The predicted octanol–water partition coefficient (Wildman–Crippen LogP) is 1.82. The van der Waals surface area contributed by atoms with Crippen LogP contribution in [0.25, 0.3) is 0 Å². The van der Waals surface area contributed by atoms with Crippen LogP contribution in [-0.2, 0) is 13.5 Å². The largest absolute Gasteiger partial charge is 0.327 e. The Kier molecular flexibility index (Phi) is 5.79. The fourth-order valence-corrected chi connectivity index (χ4v) is 2.34. The minimum absolute atomic E-state index is 0.321. The van der Waals surface area contributed by atoms with Crippen LogP contribution in [0.1, 0.15) is 25.3 Å². The minimum Gasteiger partial charge on any atom is -0.327 e. The topological polar surface area (TPSA) is 43.8 Å². The van der Waals surface area contributed by atoms with Crippen LogP contribution in [0.4, 0.5) is 0 Å². The van der Waals surface area contributed by atoms with Gasteiger partial charge < -0.3 is 5.73 Å². The third-order valence-corrected chi connectivity index (χ3v) is 3.60. The fraction of sp³-hybridized carbons (Fsp3) is 0.727. The van der Waals surface area contributed by atoms with E-state index in [1.807, 2.05) is 29.7 Å². The zero-order chi connectivity index (χ0) is 11.1. The van der Waals surface area contributed by atoms with Crippen LogP contribution >= 0.6 is 11.8 Å². The molecular weight excluding hydrogens is 206 g/mol. The number of hydrogen-bond acceptors (Lipinski definition) is 3. The zero-order valence-electron chi connectivity index (χ0n) is 9.65. The Morgan fingerprint density at radius 1 is 1.60 bits per heavy atom. The molecule has 1 rings (SSSR count). The van der Waals surface area contributed by atoms with Gasteiger partial charge in [-0.05, 0) is 30.6 Å². The smallest absolute Gasteiger partial charge is 0.0521 e. The Balaban J connectivity index is 2.13. The third-order valence-electron chi connectivity index (χ3n) is 2.24. The number of nitrogens with zero attached hydrogens (tertiary/aromatic N) is 2. The summed E-state index contributed by atoms with van der Waals surface area (Å²) in [6.07, 6.45) is 7.32. The molecule has 86 valence electrons. The molecule has 0 amide bonds. The highest BCUT2D eigenvalue weighted by Crippen LogP contribution is 2.08. The van der Waals surface area contributed by atoms with Gasteiger partial charge in [0.2, 0.25) is 0 Å². The van der Waals surface area contributed by atoms with Crippen molar-refractivity contribution < 1.29 is 0 Å². The Labute approximate surface area is 96.4 Å². The lowest BCUT2D eigenvalue weighted by molar-refractivity contribution is 0.673. The second-order valence-corrected chi connectivity index (χ2v) is 5.05. The number of rotatable bonds is 7. The van der Waals surface area contributed by atoms with E-state index < -0.39 is 0 Å². The molecule has 0 spiro atoms. The summed E-state index contributed by atoms with van der Waals surface area (Å²) in [7, 11) is 1.94. The van der Waals surface area contributed by atoms with Gasteiger partial charge in [0.15, 0.2) is 0 Å². The van der Waals surface area contributed by atoms with Crippen LogP contribution in [0, 0.1) is 0 Å². The first-order valence-corrected chi connectivity index (χ1v) is 6.68. The summed E-state index contributed by atoms with van der Waals surface area (Å²) in [4.78, 5) is 0. The SMILES string of the molecule is CCCSCC(N)CCc1cnn(C)c1. The summed E-state index contributed by atoms with van der Waals surface area (Å²) >= 11 is 1.96. The van der Waals surface area contributed by atoms with Gasteiger partial charge in [-0.1, -0.05) is 6.92 Å². The van der Waals surface area contributed by atoms with Crippen molar-refractivity contribution in [3.05, 3.63) is 18.0 Å². The standard InChI is InChI=1S/C11H21N3S/c1-3-6-15-9-11(12)5-4-10-7-13-14(2)8-10/h7-8,11H,3-6,9,12H2,1-2H3. The van der Waals surface area contributed by atoms with Gasteiger partial charge in [0, 0.05) is 25.0 Å². The highest BCUT2D eigenvalue weighted by molar-refractivity contribution is 7.99. The van der Waals surface area contributed by atoms with Crippen LogP contribution in [-0.4, -0.2) is 27.3 Å². The Morgan fingerprint density at radius 2 is 2.40 bits per heavy atom. The molecule has 0 aliphatic rings. The van der Waals surface area contributed by atoms with Crippen molar-refractivity contribution in [3.63, 3.8) is 0 Å². The summed E-state index contributed by atoms with van der Waals surface area (Å²) in [5.41, 5.74) is 7.31. The average Bonchev–Trinajstić information content (AvgIpc) is 2.62. The van der Waals surface area contributed by atoms with Gasteiger partial charge in [0.1, 0.15) is 0 Å². The summed E-state index contributed by atoms with van der Waals surface area (Å²) in [6.45, 7) is 2.20. The highest BCUT2D eigenvalue weighted by atomic mass is 32.2. The molecule has 0 saturated heterocycles. The molecule has 1 aromatic rings. The summed E-state index contributed by atoms with van der Waals surface area (Å²) in [6, 6.07) is 0.321. The van der Waals surface area contributed by atoms with Crippen molar-refractivity contribution in [1.82, 2.24) is 9.78 Å². The van der Waals surface area contributed by atoms with E-state index in [0.717, 1.165) is 18.6 Å². The molecule has 4 heteroatoms. The van der Waals surface area contributed by atoms with E-state index in [9.17, 15) is 0 Å². The number of aromatic nitrogens is 2. The maximum Gasteiger partial charge on any atom is 0.0521 e. The molecule has 0 radical (unpaired) electrons. The van der Waals surface area contributed by atoms with Crippen LogP contribution in [0.15, 0.2) is 12.4 Å². The summed E-state index contributed by atoms with van der Waals surface area (Å²) < 4.78 is 1.84. The third kappa shape index (κ3) is 5.23. The first kappa shape index (κ1) is 12.6. The van der Waals surface area contributed by atoms with Gasteiger partial charge >= 0.3 is 0 Å². The average molecular weight is 227 g/mol. The Morgan fingerprint density at radius 3 is 3.00 bits per heavy atom. The van der Waals surface area contributed by atoms with Crippen LogP contribution in [0.5, 0.6) is 0 Å². The molecule has 2 N–H and O–H groups in total.